The van der Waals surface area contributed by atoms with Crippen LogP contribution in [0.5, 0.6) is 5.75 Å². The zero-order valence-corrected chi connectivity index (χ0v) is 15.5. The summed E-state index contributed by atoms with van der Waals surface area (Å²) in [5, 5.41) is 5.81. The summed E-state index contributed by atoms with van der Waals surface area (Å²) >= 11 is 0. The molecule has 1 atom stereocenters. The molecule has 0 bridgehead atoms. The first kappa shape index (κ1) is 18.8. The van der Waals surface area contributed by atoms with Gasteiger partial charge in [0.2, 0.25) is 5.91 Å². The second-order valence-electron chi connectivity index (χ2n) is 6.54. The molecule has 2 N–H and O–H groups in total. The van der Waals surface area contributed by atoms with Crippen molar-refractivity contribution in [3.8, 4) is 5.75 Å². The Bertz CT molecular complexity index is 779. The normalized spacial score (nSPS) is 16.0. The number of carbonyl (C=O) groups is 2. The smallest absolute Gasteiger partial charge is 0.322 e. The summed E-state index contributed by atoms with van der Waals surface area (Å²) in [6, 6.07) is 16.5. The van der Waals surface area contributed by atoms with Gasteiger partial charge in [0.1, 0.15) is 11.8 Å². The third-order valence-corrected chi connectivity index (χ3v) is 4.69. The van der Waals surface area contributed by atoms with Crippen molar-refractivity contribution in [3.05, 3.63) is 60.2 Å². The number of hydrogen-bond donors (Lipinski definition) is 2. The number of urea groups is 1. The van der Waals surface area contributed by atoms with Crippen molar-refractivity contribution in [2.24, 2.45) is 0 Å². The maximum absolute atomic E-state index is 12.6. The Labute approximate surface area is 159 Å². The highest BCUT2D eigenvalue weighted by molar-refractivity contribution is 5.94. The van der Waals surface area contributed by atoms with Crippen LogP contribution < -0.4 is 15.4 Å². The molecule has 1 saturated heterocycles. The number of likely N-dealkylation sites (tertiary alicyclic amines) is 1. The van der Waals surface area contributed by atoms with E-state index in [1.165, 1.54) is 5.56 Å². The number of anilines is 1. The first-order chi connectivity index (χ1) is 13.2. The maximum atomic E-state index is 12.6. The summed E-state index contributed by atoms with van der Waals surface area (Å²) in [7, 11) is 1.58. The fourth-order valence-corrected chi connectivity index (χ4v) is 3.27. The minimum Gasteiger partial charge on any atom is -0.497 e. The van der Waals surface area contributed by atoms with Gasteiger partial charge in [-0.05, 0) is 37.0 Å². The highest BCUT2D eigenvalue weighted by atomic mass is 16.5. The number of ether oxygens (including phenoxy) is 1. The average Bonchev–Trinajstić information content (AvgIpc) is 3.19. The van der Waals surface area contributed by atoms with Gasteiger partial charge in [0.05, 0.1) is 7.11 Å². The van der Waals surface area contributed by atoms with E-state index in [9.17, 15) is 9.59 Å². The molecule has 0 spiro atoms. The van der Waals surface area contributed by atoms with Gasteiger partial charge in [-0.25, -0.2) is 4.79 Å². The molecule has 1 heterocycles. The van der Waals surface area contributed by atoms with E-state index in [0.29, 0.717) is 30.9 Å². The molecular weight excluding hydrogens is 342 g/mol. The van der Waals surface area contributed by atoms with Gasteiger partial charge in [-0.3, -0.25) is 4.79 Å². The van der Waals surface area contributed by atoms with E-state index >= 15 is 0 Å². The Hall–Kier alpha value is -3.02. The van der Waals surface area contributed by atoms with Gasteiger partial charge >= 0.3 is 6.03 Å². The van der Waals surface area contributed by atoms with Crippen LogP contribution in [0.2, 0.25) is 0 Å². The largest absolute Gasteiger partial charge is 0.497 e. The van der Waals surface area contributed by atoms with Crippen molar-refractivity contribution in [2.45, 2.75) is 25.3 Å². The lowest BCUT2D eigenvalue weighted by molar-refractivity contribution is -0.124. The molecule has 1 fully saturated rings. The van der Waals surface area contributed by atoms with Crippen LogP contribution in [0.1, 0.15) is 18.4 Å². The van der Waals surface area contributed by atoms with E-state index in [0.717, 1.165) is 12.8 Å². The lowest BCUT2D eigenvalue weighted by Gasteiger charge is -2.24. The Morgan fingerprint density at radius 1 is 1.15 bits per heavy atom. The Morgan fingerprint density at radius 2 is 1.96 bits per heavy atom. The highest BCUT2D eigenvalue weighted by Crippen LogP contribution is 2.21. The van der Waals surface area contributed by atoms with E-state index in [-0.39, 0.29) is 11.9 Å². The van der Waals surface area contributed by atoms with Crippen LogP contribution >= 0.6 is 0 Å². The molecule has 142 valence electrons. The molecule has 6 nitrogen and oxygen atoms in total. The summed E-state index contributed by atoms with van der Waals surface area (Å²) < 4.78 is 5.17. The van der Waals surface area contributed by atoms with Gasteiger partial charge in [-0.2, -0.15) is 0 Å². The SMILES string of the molecule is COc1cccc(NC(=O)N2CCC[C@H]2C(=O)NCCc2ccccc2)c1. The molecular formula is C21H25N3O3. The van der Waals surface area contributed by atoms with E-state index < -0.39 is 6.04 Å². The zero-order valence-electron chi connectivity index (χ0n) is 15.5. The van der Waals surface area contributed by atoms with E-state index in [4.69, 9.17) is 4.74 Å². The van der Waals surface area contributed by atoms with Crippen molar-refractivity contribution in [1.82, 2.24) is 10.2 Å². The van der Waals surface area contributed by atoms with Crippen molar-refractivity contribution in [2.75, 3.05) is 25.5 Å². The summed E-state index contributed by atoms with van der Waals surface area (Å²) in [4.78, 5) is 26.8. The third-order valence-electron chi connectivity index (χ3n) is 4.69. The second kappa shape index (κ2) is 9.07. The van der Waals surface area contributed by atoms with Gasteiger partial charge in [0, 0.05) is 24.8 Å². The molecule has 1 aliphatic rings. The predicted molar refractivity (Wildman–Crippen MR) is 105 cm³/mol. The molecule has 1 aliphatic heterocycles. The van der Waals surface area contributed by atoms with Crippen LogP contribution in [0.4, 0.5) is 10.5 Å². The van der Waals surface area contributed by atoms with Crippen LogP contribution in [0.3, 0.4) is 0 Å². The summed E-state index contributed by atoms with van der Waals surface area (Å²) in [5.41, 5.74) is 1.83. The van der Waals surface area contributed by atoms with Crippen LogP contribution in [0, 0.1) is 0 Å². The zero-order chi connectivity index (χ0) is 19.1. The van der Waals surface area contributed by atoms with Gasteiger partial charge in [-0.15, -0.1) is 0 Å². The van der Waals surface area contributed by atoms with E-state index in [1.54, 1.807) is 24.1 Å². The molecule has 2 aromatic carbocycles. The van der Waals surface area contributed by atoms with Crippen LogP contribution in [-0.2, 0) is 11.2 Å². The average molecular weight is 367 g/mol. The number of nitrogens with zero attached hydrogens (tertiary/aromatic N) is 1. The number of carbonyl (C=O) groups excluding carboxylic acids is 2. The topological polar surface area (TPSA) is 70.7 Å². The quantitative estimate of drug-likeness (QED) is 0.824. The Morgan fingerprint density at radius 3 is 2.74 bits per heavy atom. The molecule has 27 heavy (non-hydrogen) atoms. The maximum Gasteiger partial charge on any atom is 0.322 e. The number of benzene rings is 2. The highest BCUT2D eigenvalue weighted by Gasteiger charge is 2.33. The fraction of sp³-hybridized carbons (Fsp3) is 0.333. The predicted octanol–water partition coefficient (Wildman–Crippen LogP) is 3.05. The third kappa shape index (κ3) is 5.00. The monoisotopic (exact) mass is 367 g/mol. The number of amides is 3. The second-order valence-corrected chi connectivity index (χ2v) is 6.54. The number of methoxy groups -OCH3 is 1. The summed E-state index contributed by atoms with van der Waals surface area (Å²) in [6.45, 7) is 1.14. The summed E-state index contributed by atoms with van der Waals surface area (Å²) in [6.07, 6.45) is 2.28. The molecule has 6 heteroatoms. The van der Waals surface area contributed by atoms with Gasteiger partial charge in [-0.1, -0.05) is 36.4 Å². The molecule has 3 rings (SSSR count). The molecule has 0 unspecified atom stereocenters. The van der Waals surface area contributed by atoms with Crippen LogP contribution in [-0.4, -0.2) is 43.1 Å². The van der Waals surface area contributed by atoms with Crippen molar-refractivity contribution in [1.29, 1.82) is 0 Å². The molecule has 0 aromatic heterocycles. The molecule has 2 aromatic rings. The van der Waals surface area contributed by atoms with Crippen LogP contribution in [0.15, 0.2) is 54.6 Å². The molecule has 3 amide bonds. The number of rotatable bonds is 6. The van der Waals surface area contributed by atoms with Crippen molar-refractivity contribution < 1.29 is 14.3 Å². The fourth-order valence-electron chi connectivity index (χ4n) is 3.27. The Balaban J connectivity index is 1.53. The minimum absolute atomic E-state index is 0.0933. The molecule has 0 saturated carbocycles. The van der Waals surface area contributed by atoms with E-state index in [2.05, 4.69) is 10.6 Å². The standard InChI is InChI=1S/C21H25N3O3/c1-27-18-10-5-9-17(15-18)23-21(26)24-14-6-11-19(24)20(25)22-13-12-16-7-3-2-4-8-16/h2-5,7-10,15,19H,6,11-14H2,1H3,(H,22,25)(H,23,26)/t19-/m0/s1. The Kier molecular flexibility index (Phi) is 6.30. The van der Waals surface area contributed by atoms with E-state index in [1.807, 2.05) is 42.5 Å². The first-order valence-electron chi connectivity index (χ1n) is 9.20. The lowest BCUT2D eigenvalue weighted by Crippen LogP contribution is -2.47. The molecule has 0 radical (unpaired) electrons. The number of nitrogens with one attached hydrogen (secondary N) is 2. The summed E-state index contributed by atoms with van der Waals surface area (Å²) in [5.74, 6) is 0.577. The van der Waals surface area contributed by atoms with Crippen molar-refractivity contribution in [3.63, 3.8) is 0 Å². The van der Waals surface area contributed by atoms with Gasteiger partial charge in [0.25, 0.3) is 0 Å². The first-order valence-corrected chi connectivity index (χ1v) is 9.20. The lowest BCUT2D eigenvalue weighted by atomic mass is 10.1. The minimum atomic E-state index is -0.425. The molecule has 0 aliphatic carbocycles. The number of hydrogen-bond acceptors (Lipinski definition) is 3. The van der Waals surface area contributed by atoms with Crippen LogP contribution in [0.25, 0.3) is 0 Å². The van der Waals surface area contributed by atoms with Gasteiger partial charge < -0.3 is 20.3 Å². The van der Waals surface area contributed by atoms with Crippen molar-refractivity contribution >= 4 is 17.6 Å². The van der Waals surface area contributed by atoms with Gasteiger partial charge in [0.15, 0.2) is 0 Å².